The third-order valence-electron chi connectivity index (χ3n) is 2.57. The molecular formula is C14H13N3O4S. The van der Waals surface area contributed by atoms with E-state index in [1.165, 1.54) is 12.1 Å². The van der Waals surface area contributed by atoms with Gasteiger partial charge in [-0.2, -0.15) is 4.98 Å². The average Bonchev–Trinajstić information content (AvgIpc) is 2.47. The van der Waals surface area contributed by atoms with Gasteiger partial charge in [0.05, 0.1) is 12.2 Å². The number of rotatable bonds is 4. The first kappa shape index (κ1) is 15.6. The summed E-state index contributed by atoms with van der Waals surface area (Å²) in [6.45, 7) is 2.01. The highest BCUT2D eigenvalue weighted by molar-refractivity contribution is 7.17. The topological polar surface area (TPSA) is 111 Å². The van der Waals surface area contributed by atoms with Crippen LogP contribution in [0.3, 0.4) is 0 Å². The first-order valence-corrected chi connectivity index (χ1v) is 7.17. The molecule has 8 heteroatoms. The number of nitrogens with two attached hydrogens (primary N) is 1. The van der Waals surface area contributed by atoms with Crippen molar-refractivity contribution in [1.82, 2.24) is 4.98 Å². The summed E-state index contributed by atoms with van der Waals surface area (Å²) in [5.74, 6) is -0.902. The molecule has 1 amide bonds. The zero-order chi connectivity index (χ0) is 16.1. The van der Waals surface area contributed by atoms with Crippen LogP contribution >= 0.6 is 11.3 Å². The van der Waals surface area contributed by atoms with Gasteiger partial charge in [-0.1, -0.05) is 11.3 Å². The lowest BCUT2D eigenvalue weighted by atomic mass is 10.2. The molecule has 0 spiro atoms. The summed E-state index contributed by atoms with van der Waals surface area (Å²) >= 11 is 0.914. The average molecular weight is 319 g/mol. The Kier molecular flexibility index (Phi) is 4.84. The van der Waals surface area contributed by atoms with Crippen molar-refractivity contribution in [2.24, 2.45) is 0 Å². The molecule has 0 saturated heterocycles. The van der Waals surface area contributed by atoms with E-state index in [1.807, 2.05) is 0 Å². The number of nitrogens with zero attached hydrogens (tertiary/aromatic N) is 1. The van der Waals surface area contributed by atoms with Gasteiger partial charge in [-0.15, -0.1) is 0 Å². The van der Waals surface area contributed by atoms with E-state index in [0.717, 1.165) is 17.4 Å². The molecule has 0 bridgehead atoms. The SMILES string of the molecule is CCOC(=O)c1ccc(NC(=O)c2cc(=O)nc(N)s2)cc1. The van der Waals surface area contributed by atoms with Crippen molar-refractivity contribution >= 4 is 34.0 Å². The lowest BCUT2D eigenvalue weighted by Gasteiger charge is -2.06. The number of amides is 1. The summed E-state index contributed by atoms with van der Waals surface area (Å²) < 4.78 is 4.86. The number of esters is 1. The fourth-order valence-electron chi connectivity index (χ4n) is 1.63. The minimum absolute atomic E-state index is 0.0234. The molecule has 2 aromatic rings. The van der Waals surface area contributed by atoms with Crippen molar-refractivity contribution in [3.8, 4) is 0 Å². The fourth-order valence-corrected chi connectivity index (χ4v) is 2.29. The molecule has 0 aliphatic heterocycles. The van der Waals surface area contributed by atoms with E-state index in [1.54, 1.807) is 19.1 Å². The van der Waals surface area contributed by atoms with Crippen LogP contribution in [0.15, 0.2) is 35.1 Å². The Morgan fingerprint density at radius 1 is 1.32 bits per heavy atom. The zero-order valence-electron chi connectivity index (χ0n) is 11.7. The highest BCUT2D eigenvalue weighted by Gasteiger charge is 2.11. The Morgan fingerprint density at radius 2 is 2.00 bits per heavy atom. The van der Waals surface area contributed by atoms with E-state index in [0.29, 0.717) is 17.9 Å². The highest BCUT2D eigenvalue weighted by Crippen LogP contribution is 2.15. The number of aromatic nitrogens is 1. The maximum absolute atomic E-state index is 12.0. The molecule has 0 fully saturated rings. The predicted octanol–water partition coefficient (Wildman–Crippen LogP) is 1.51. The molecule has 22 heavy (non-hydrogen) atoms. The third-order valence-corrected chi connectivity index (χ3v) is 3.39. The number of nitrogens with one attached hydrogen (secondary N) is 1. The van der Waals surface area contributed by atoms with Crippen LogP contribution in [0, 0.1) is 0 Å². The number of carbonyl (C=O) groups excluding carboxylic acids is 2. The molecule has 0 saturated carbocycles. The summed E-state index contributed by atoms with van der Waals surface area (Å²) in [5, 5.41) is 2.63. The van der Waals surface area contributed by atoms with E-state index in [4.69, 9.17) is 10.5 Å². The minimum atomic E-state index is -0.570. The number of anilines is 2. The largest absolute Gasteiger partial charge is 0.462 e. The second-order valence-electron chi connectivity index (χ2n) is 4.15. The second-order valence-corrected chi connectivity index (χ2v) is 5.21. The van der Waals surface area contributed by atoms with E-state index in [-0.39, 0.29) is 10.0 Å². The maximum atomic E-state index is 12.0. The Bertz CT molecular complexity index is 755. The lowest BCUT2D eigenvalue weighted by molar-refractivity contribution is 0.0526. The first-order valence-electron chi connectivity index (χ1n) is 6.36. The molecule has 0 radical (unpaired) electrons. The first-order chi connectivity index (χ1) is 10.5. The second kappa shape index (κ2) is 6.81. The van der Waals surface area contributed by atoms with Gasteiger partial charge in [0.25, 0.3) is 11.5 Å². The van der Waals surface area contributed by atoms with E-state index in [2.05, 4.69) is 10.3 Å². The van der Waals surface area contributed by atoms with Crippen LogP contribution in [0.1, 0.15) is 27.0 Å². The Hall–Kier alpha value is -2.74. The van der Waals surface area contributed by atoms with Crippen LogP contribution in [-0.4, -0.2) is 23.5 Å². The standard InChI is InChI=1S/C14H13N3O4S/c1-2-21-13(20)8-3-5-9(6-4-8)16-12(19)10-7-11(18)17-14(15)22-10/h3-7H,2H2,1H3,(H,16,19)(H2,15,17,18). The van der Waals surface area contributed by atoms with Crippen molar-refractivity contribution in [3.05, 3.63) is 51.1 Å². The predicted molar refractivity (Wildman–Crippen MR) is 83.1 cm³/mol. The molecule has 0 aliphatic rings. The van der Waals surface area contributed by atoms with Gasteiger partial charge < -0.3 is 15.8 Å². The summed E-state index contributed by atoms with van der Waals surface area (Å²) in [4.78, 5) is 38.4. The maximum Gasteiger partial charge on any atom is 0.338 e. The number of benzene rings is 1. The Balaban J connectivity index is 2.12. The molecule has 2 rings (SSSR count). The van der Waals surface area contributed by atoms with Crippen LogP contribution in [0.5, 0.6) is 0 Å². The van der Waals surface area contributed by atoms with Gasteiger partial charge in [0.1, 0.15) is 4.88 Å². The fraction of sp³-hybridized carbons (Fsp3) is 0.143. The van der Waals surface area contributed by atoms with Crippen LogP contribution in [-0.2, 0) is 4.74 Å². The zero-order valence-corrected chi connectivity index (χ0v) is 12.5. The van der Waals surface area contributed by atoms with Crippen LogP contribution in [0.4, 0.5) is 10.8 Å². The summed E-state index contributed by atoms with van der Waals surface area (Å²) in [6.07, 6.45) is 0. The van der Waals surface area contributed by atoms with Crippen molar-refractivity contribution in [2.45, 2.75) is 6.92 Å². The molecule has 0 atom stereocenters. The molecular weight excluding hydrogens is 306 g/mol. The lowest BCUT2D eigenvalue weighted by Crippen LogP contribution is -2.15. The van der Waals surface area contributed by atoms with Gasteiger partial charge in [0.2, 0.25) is 0 Å². The number of ether oxygens (including phenoxy) is 1. The molecule has 3 N–H and O–H groups in total. The number of hydrogen-bond donors (Lipinski definition) is 2. The Morgan fingerprint density at radius 3 is 2.59 bits per heavy atom. The summed E-state index contributed by atoms with van der Waals surface area (Å²) in [7, 11) is 0. The van der Waals surface area contributed by atoms with Crippen LogP contribution in [0.25, 0.3) is 0 Å². The van der Waals surface area contributed by atoms with Crippen molar-refractivity contribution in [1.29, 1.82) is 0 Å². The van der Waals surface area contributed by atoms with Crippen molar-refractivity contribution in [3.63, 3.8) is 0 Å². The van der Waals surface area contributed by atoms with Gasteiger partial charge in [-0.3, -0.25) is 9.59 Å². The Labute approximate surface area is 129 Å². The minimum Gasteiger partial charge on any atom is -0.462 e. The smallest absolute Gasteiger partial charge is 0.338 e. The van der Waals surface area contributed by atoms with Crippen LogP contribution < -0.4 is 16.6 Å². The van der Waals surface area contributed by atoms with E-state index >= 15 is 0 Å². The third kappa shape index (κ3) is 3.89. The van der Waals surface area contributed by atoms with Gasteiger partial charge in [-0.25, -0.2) is 4.79 Å². The van der Waals surface area contributed by atoms with E-state index < -0.39 is 17.4 Å². The quantitative estimate of drug-likeness (QED) is 0.826. The number of hydrogen-bond acceptors (Lipinski definition) is 7. The molecule has 1 aromatic heterocycles. The van der Waals surface area contributed by atoms with Gasteiger partial charge in [0, 0.05) is 11.8 Å². The number of carbonyl (C=O) groups is 2. The van der Waals surface area contributed by atoms with Crippen molar-refractivity contribution < 1.29 is 14.3 Å². The monoisotopic (exact) mass is 319 g/mol. The summed E-state index contributed by atoms with van der Waals surface area (Å²) in [5.41, 5.74) is 5.74. The van der Waals surface area contributed by atoms with E-state index in [9.17, 15) is 14.4 Å². The van der Waals surface area contributed by atoms with Crippen molar-refractivity contribution in [2.75, 3.05) is 17.7 Å². The molecule has 7 nitrogen and oxygen atoms in total. The molecule has 1 heterocycles. The number of nitrogen functional groups attached to an aromatic ring is 1. The summed E-state index contributed by atoms with van der Waals surface area (Å²) in [6, 6.07) is 7.33. The molecule has 0 unspecified atom stereocenters. The normalized spacial score (nSPS) is 10.0. The van der Waals surface area contributed by atoms with Crippen LogP contribution in [0.2, 0.25) is 0 Å². The van der Waals surface area contributed by atoms with Gasteiger partial charge >= 0.3 is 5.97 Å². The highest BCUT2D eigenvalue weighted by atomic mass is 32.1. The molecule has 114 valence electrons. The van der Waals surface area contributed by atoms with Gasteiger partial charge in [0.15, 0.2) is 5.13 Å². The van der Waals surface area contributed by atoms with Gasteiger partial charge in [-0.05, 0) is 31.2 Å². The molecule has 1 aromatic carbocycles. The molecule has 0 aliphatic carbocycles.